The number of amides is 1. The number of hydrogen-bond acceptors (Lipinski definition) is 3. The third-order valence-electron chi connectivity index (χ3n) is 1.88. The molecule has 0 aliphatic carbocycles. The minimum atomic E-state index is -0.305. The fourth-order valence-corrected chi connectivity index (χ4v) is 1.03. The van der Waals surface area contributed by atoms with Gasteiger partial charge < -0.3 is 16.2 Å². The molecule has 0 bridgehead atoms. The van der Waals surface area contributed by atoms with Gasteiger partial charge in [0.25, 0.3) is 5.91 Å². The summed E-state index contributed by atoms with van der Waals surface area (Å²) >= 11 is 0. The van der Waals surface area contributed by atoms with Gasteiger partial charge in [-0.1, -0.05) is 12.1 Å². The molecule has 1 rings (SSSR count). The molecule has 4 N–H and O–H groups in total. The number of hydrogen-bond donors (Lipinski definition) is 3. The van der Waals surface area contributed by atoms with Crippen LogP contribution in [0.25, 0.3) is 0 Å². The van der Waals surface area contributed by atoms with Crippen molar-refractivity contribution in [2.75, 3.05) is 6.54 Å². The summed E-state index contributed by atoms with van der Waals surface area (Å²) in [7, 11) is 0. The maximum atomic E-state index is 11.5. The normalized spacial score (nSPS) is 12.1. The number of para-hydroxylation sites is 1. The van der Waals surface area contributed by atoms with Gasteiger partial charge in [0.15, 0.2) is 0 Å². The van der Waals surface area contributed by atoms with Crippen molar-refractivity contribution in [1.29, 1.82) is 0 Å². The van der Waals surface area contributed by atoms with E-state index in [0.29, 0.717) is 6.54 Å². The minimum absolute atomic E-state index is 0.0192. The van der Waals surface area contributed by atoms with Crippen molar-refractivity contribution in [3.8, 4) is 5.75 Å². The van der Waals surface area contributed by atoms with E-state index in [1.54, 1.807) is 25.1 Å². The van der Waals surface area contributed by atoms with Gasteiger partial charge in [-0.25, -0.2) is 0 Å². The van der Waals surface area contributed by atoms with Crippen LogP contribution in [0.2, 0.25) is 0 Å². The van der Waals surface area contributed by atoms with Gasteiger partial charge in [-0.3, -0.25) is 4.79 Å². The Kier molecular flexibility index (Phi) is 3.48. The zero-order chi connectivity index (χ0) is 10.6. The van der Waals surface area contributed by atoms with E-state index in [9.17, 15) is 9.90 Å². The van der Waals surface area contributed by atoms with Crippen molar-refractivity contribution < 1.29 is 9.90 Å². The van der Waals surface area contributed by atoms with Gasteiger partial charge in [0.1, 0.15) is 5.75 Å². The van der Waals surface area contributed by atoms with E-state index in [1.807, 2.05) is 0 Å². The molecule has 0 heterocycles. The van der Waals surface area contributed by atoms with Crippen LogP contribution in [-0.4, -0.2) is 23.6 Å². The van der Waals surface area contributed by atoms with Crippen LogP contribution in [0.1, 0.15) is 17.3 Å². The van der Waals surface area contributed by atoms with E-state index in [-0.39, 0.29) is 23.3 Å². The van der Waals surface area contributed by atoms with Crippen molar-refractivity contribution in [3.05, 3.63) is 29.8 Å². The number of phenols is 1. The molecule has 4 nitrogen and oxygen atoms in total. The highest BCUT2D eigenvalue weighted by Gasteiger charge is 2.11. The summed E-state index contributed by atoms with van der Waals surface area (Å²) < 4.78 is 0. The summed E-state index contributed by atoms with van der Waals surface area (Å²) in [5.41, 5.74) is 5.63. The van der Waals surface area contributed by atoms with Crippen molar-refractivity contribution in [3.63, 3.8) is 0 Å². The summed E-state index contributed by atoms with van der Waals surface area (Å²) in [5.74, 6) is -0.324. The number of aromatic hydroxyl groups is 1. The SMILES string of the molecule is CC(CN)NC(=O)c1ccccc1O. The highest BCUT2D eigenvalue weighted by Crippen LogP contribution is 2.14. The van der Waals surface area contributed by atoms with Crippen LogP contribution < -0.4 is 11.1 Å². The molecule has 0 saturated heterocycles. The summed E-state index contributed by atoms with van der Waals surface area (Å²) in [5, 5.41) is 12.0. The standard InChI is InChI=1S/C10H14N2O2/c1-7(6-11)12-10(14)8-4-2-3-5-9(8)13/h2-5,7,13H,6,11H2,1H3,(H,12,14). The van der Waals surface area contributed by atoms with Crippen molar-refractivity contribution in [2.24, 2.45) is 5.73 Å². The number of nitrogens with one attached hydrogen (secondary N) is 1. The molecule has 76 valence electrons. The van der Waals surface area contributed by atoms with Crippen LogP contribution in [0.4, 0.5) is 0 Å². The fourth-order valence-electron chi connectivity index (χ4n) is 1.03. The number of carbonyl (C=O) groups is 1. The molecule has 1 aromatic carbocycles. The molecule has 0 aliphatic rings. The van der Waals surface area contributed by atoms with Gasteiger partial charge in [0.2, 0.25) is 0 Å². The molecule has 1 unspecified atom stereocenters. The molecule has 1 atom stereocenters. The number of rotatable bonds is 3. The Balaban J connectivity index is 2.75. The highest BCUT2D eigenvalue weighted by molar-refractivity contribution is 5.96. The maximum Gasteiger partial charge on any atom is 0.255 e. The number of carbonyl (C=O) groups excluding carboxylic acids is 1. The molecule has 0 aliphatic heterocycles. The van der Waals surface area contributed by atoms with Gasteiger partial charge in [0.05, 0.1) is 5.56 Å². The first-order valence-electron chi connectivity index (χ1n) is 4.44. The predicted octanol–water partition coefficient (Wildman–Crippen LogP) is 0.469. The lowest BCUT2D eigenvalue weighted by atomic mass is 10.2. The Morgan fingerprint density at radius 2 is 2.21 bits per heavy atom. The first kappa shape index (κ1) is 10.5. The molecular formula is C10H14N2O2. The zero-order valence-electron chi connectivity index (χ0n) is 8.03. The molecule has 0 radical (unpaired) electrons. The number of benzene rings is 1. The average Bonchev–Trinajstić information content (AvgIpc) is 2.18. The van der Waals surface area contributed by atoms with Crippen molar-refractivity contribution in [2.45, 2.75) is 13.0 Å². The minimum Gasteiger partial charge on any atom is -0.507 e. The first-order chi connectivity index (χ1) is 6.65. The number of nitrogens with two attached hydrogens (primary N) is 1. The Hall–Kier alpha value is -1.55. The van der Waals surface area contributed by atoms with E-state index >= 15 is 0 Å². The van der Waals surface area contributed by atoms with Crippen LogP contribution in [0, 0.1) is 0 Å². The maximum absolute atomic E-state index is 11.5. The second kappa shape index (κ2) is 4.62. The second-order valence-corrected chi connectivity index (χ2v) is 3.13. The fraction of sp³-hybridized carbons (Fsp3) is 0.300. The Labute approximate surface area is 82.7 Å². The summed E-state index contributed by atoms with van der Waals surface area (Å²) in [6, 6.07) is 6.30. The van der Waals surface area contributed by atoms with Gasteiger partial charge >= 0.3 is 0 Å². The van der Waals surface area contributed by atoms with E-state index in [4.69, 9.17) is 5.73 Å². The molecule has 1 aromatic rings. The van der Waals surface area contributed by atoms with Crippen molar-refractivity contribution in [1.82, 2.24) is 5.32 Å². The summed E-state index contributed by atoms with van der Waals surface area (Å²) in [4.78, 5) is 11.5. The molecule has 0 spiro atoms. The first-order valence-corrected chi connectivity index (χ1v) is 4.44. The Bertz CT molecular complexity index is 326. The Morgan fingerprint density at radius 1 is 1.57 bits per heavy atom. The molecule has 1 amide bonds. The zero-order valence-corrected chi connectivity index (χ0v) is 8.03. The second-order valence-electron chi connectivity index (χ2n) is 3.13. The molecule has 0 fully saturated rings. The smallest absolute Gasteiger partial charge is 0.255 e. The lowest BCUT2D eigenvalue weighted by Gasteiger charge is -2.11. The van der Waals surface area contributed by atoms with E-state index in [2.05, 4.69) is 5.32 Å². The average molecular weight is 194 g/mol. The topological polar surface area (TPSA) is 75.3 Å². The van der Waals surface area contributed by atoms with Gasteiger partial charge in [-0.05, 0) is 19.1 Å². The van der Waals surface area contributed by atoms with Crippen LogP contribution >= 0.6 is 0 Å². The Morgan fingerprint density at radius 3 is 2.79 bits per heavy atom. The monoisotopic (exact) mass is 194 g/mol. The highest BCUT2D eigenvalue weighted by atomic mass is 16.3. The van der Waals surface area contributed by atoms with Crippen LogP contribution in [0.5, 0.6) is 5.75 Å². The molecule has 0 saturated carbocycles. The lowest BCUT2D eigenvalue weighted by molar-refractivity contribution is 0.0938. The summed E-state index contributed by atoms with van der Waals surface area (Å²) in [6.45, 7) is 2.18. The van der Waals surface area contributed by atoms with E-state index in [1.165, 1.54) is 6.07 Å². The predicted molar refractivity (Wildman–Crippen MR) is 54.1 cm³/mol. The van der Waals surface area contributed by atoms with Crippen LogP contribution in [-0.2, 0) is 0 Å². The van der Waals surface area contributed by atoms with Gasteiger partial charge in [-0.15, -0.1) is 0 Å². The van der Waals surface area contributed by atoms with Crippen LogP contribution in [0.15, 0.2) is 24.3 Å². The van der Waals surface area contributed by atoms with Crippen molar-refractivity contribution >= 4 is 5.91 Å². The largest absolute Gasteiger partial charge is 0.507 e. The van der Waals surface area contributed by atoms with E-state index < -0.39 is 0 Å². The van der Waals surface area contributed by atoms with Gasteiger partial charge in [0, 0.05) is 12.6 Å². The quantitative estimate of drug-likeness (QED) is 0.654. The molecule has 0 aromatic heterocycles. The van der Waals surface area contributed by atoms with E-state index in [0.717, 1.165) is 0 Å². The third-order valence-corrected chi connectivity index (χ3v) is 1.88. The third kappa shape index (κ3) is 2.47. The lowest BCUT2D eigenvalue weighted by Crippen LogP contribution is -2.37. The molecule has 14 heavy (non-hydrogen) atoms. The summed E-state index contributed by atoms with van der Waals surface area (Å²) in [6.07, 6.45) is 0. The molecule has 4 heteroatoms. The molecular weight excluding hydrogens is 180 g/mol. The number of phenolic OH excluding ortho intramolecular Hbond substituents is 1. The van der Waals surface area contributed by atoms with Crippen LogP contribution in [0.3, 0.4) is 0 Å². The van der Waals surface area contributed by atoms with Gasteiger partial charge in [-0.2, -0.15) is 0 Å².